The maximum Gasteiger partial charge on any atom is 0.349 e. The van der Waals surface area contributed by atoms with Gasteiger partial charge in [0.2, 0.25) is 0 Å². The molecule has 0 amide bonds. The fourth-order valence-corrected chi connectivity index (χ4v) is 2.44. The van der Waals surface area contributed by atoms with Crippen LogP contribution in [0.4, 0.5) is 5.13 Å². The van der Waals surface area contributed by atoms with Crippen molar-refractivity contribution in [3.05, 3.63) is 10.0 Å². The third-order valence-electron chi connectivity index (χ3n) is 2.17. The lowest BCUT2D eigenvalue weighted by Crippen LogP contribution is -2.30. The summed E-state index contributed by atoms with van der Waals surface area (Å²) < 4.78 is 10.0. The van der Waals surface area contributed by atoms with Gasteiger partial charge in [0.05, 0.1) is 13.2 Å². The smallest absolute Gasteiger partial charge is 0.349 e. The van der Waals surface area contributed by atoms with Gasteiger partial charge in [0, 0.05) is 27.3 Å². The van der Waals surface area contributed by atoms with Crippen molar-refractivity contribution in [2.45, 2.75) is 0 Å². The van der Waals surface area contributed by atoms with Gasteiger partial charge < -0.3 is 19.5 Å². The van der Waals surface area contributed by atoms with E-state index in [4.69, 9.17) is 26.2 Å². The minimum atomic E-state index is -1.07. The monoisotopic (exact) mass is 294 g/mol. The molecular weight excluding hydrogens is 280 g/mol. The number of carboxylic acids is 1. The van der Waals surface area contributed by atoms with E-state index >= 15 is 0 Å². The zero-order chi connectivity index (χ0) is 13.5. The fraction of sp³-hybridized carbons (Fsp3) is 0.600. The largest absolute Gasteiger partial charge is 0.477 e. The van der Waals surface area contributed by atoms with Crippen LogP contribution in [0.2, 0.25) is 5.15 Å². The Labute approximate surface area is 114 Å². The Kier molecular flexibility index (Phi) is 6.34. The van der Waals surface area contributed by atoms with Crippen LogP contribution in [0.5, 0.6) is 0 Å². The molecule has 1 rings (SSSR count). The molecule has 0 saturated heterocycles. The van der Waals surface area contributed by atoms with Crippen molar-refractivity contribution in [3.8, 4) is 0 Å². The number of aromatic nitrogens is 1. The molecule has 0 aromatic carbocycles. The zero-order valence-corrected chi connectivity index (χ0v) is 11.8. The Balaban J connectivity index is 2.83. The molecule has 0 saturated carbocycles. The zero-order valence-electron chi connectivity index (χ0n) is 10.2. The molecule has 1 aromatic rings. The maximum atomic E-state index is 10.9. The second-order valence-corrected chi connectivity index (χ2v) is 4.73. The molecule has 0 unspecified atom stereocenters. The van der Waals surface area contributed by atoms with Crippen LogP contribution in [-0.4, -0.2) is 56.6 Å². The normalized spacial score (nSPS) is 10.6. The quantitative estimate of drug-likeness (QED) is 0.785. The number of nitrogens with zero attached hydrogens (tertiary/aromatic N) is 2. The van der Waals surface area contributed by atoms with Gasteiger partial charge in [0.25, 0.3) is 0 Å². The minimum absolute atomic E-state index is 0.0160. The first kappa shape index (κ1) is 15.2. The number of halogens is 1. The van der Waals surface area contributed by atoms with Crippen LogP contribution in [0.15, 0.2) is 0 Å². The van der Waals surface area contributed by atoms with E-state index in [9.17, 15) is 4.79 Å². The predicted octanol–water partition coefficient (Wildman–Crippen LogP) is 1.59. The van der Waals surface area contributed by atoms with Crippen molar-refractivity contribution in [1.29, 1.82) is 0 Å². The highest BCUT2D eigenvalue weighted by molar-refractivity contribution is 7.18. The lowest BCUT2D eigenvalue weighted by Gasteiger charge is -2.20. The van der Waals surface area contributed by atoms with Crippen LogP contribution < -0.4 is 4.90 Å². The molecule has 0 radical (unpaired) electrons. The second kappa shape index (κ2) is 7.52. The molecule has 6 nitrogen and oxygen atoms in total. The van der Waals surface area contributed by atoms with E-state index in [1.165, 1.54) is 0 Å². The van der Waals surface area contributed by atoms with Crippen molar-refractivity contribution in [3.63, 3.8) is 0 Å². The average molecular weight is 295 g/mol. The number of carbonyl (C=O) groups is 1. The molecule has 1 N–H and O–H groups in total. The maximum absolute atomic E-state index is 10.9. The first-order valence-corrected chi connectivity index (χ1v) is 6.42. The lowest BCUT2D eigenvalue weighted by molar-refractivity contribution is 0.0702. The molecule has 102 valence electrons. The number of carboxylic acid groups (broad SMARTS) is 1. The number of hydrogen-bond acceptors (Lipinski definition) is 6. The number of ether oxygens (including phenoxy) is 2. The van der Waals surface area contributed by atoms with Crippen LogP contribution in [0.25, 0.3) is 0 Å². The van der Waals surface area contributed by atoms with Gasteiger partial charge >= 0.3 is 5.97 Å². The van der Waals surface area contributed by atoms with E-state index in [1.807, 2.05) is 4.90 Å². The van der Waals surface area contributed by atoms with Crippen molar-refractivity contribution in [2.75, 3.05) is 45.4 Å². The van der Waals surface area contributed by atoms with Crippen molar-refractivity contribution >= 4 is 34.0 Å². The summed E-state index contributed by atoms with van der Waals surface area (Å²) in [6.07, 6.45) is 0. The highest BCUT2D eigenvalue weighted by Crippen LogP contribution is 2.29. The number of thiazole rings is 1. The third kappa shape index (κ3) is 4.09. The summed E-state index contributed by atoms with van der Waals surface area (Å²) in [5, 5.41) is 9.51. The molecule has 0 aliphatic carbocycles. The van der Waals surface area contributed by atoms with Gasteiger partial charge in [-0.3, -0.25) is 0 Å². The SMILES string of the molecule is COCCN(CCOC)c1nc(Cl)c(C(=O)O)s1. The van der Waals surface area contributed by atoms with Crippen LogP contribution in [0.3, 0.4) is 0 Å². The van der Waals surface area contributed by atoms with Gasteiger partial charge in [-0.1, -0.05) is 22.9 Å². The van der Waals surface area contributed by atoms with Gasteiger partial charge in [-0.2, -0.15) is 0 Å². The van der Waals surface area contributed by atoms with E-state index in [0.717, 1.165) is 11.3 Å². The molecule has 0 fully saturated rings. The molecule has 0 bridgehead atoms. The Morgan fingerprint density at radius 3 is 2.33 bits per heavy atom. The topological polar surface area (TPSA) is 71.9 Å². The Bertz CT molecular complexity index is 391. The van der Waals surface area contributed by atoms with Crippen LogP contribution in [0, 0.1) is 0 Å². The minimum Gasteiger partial charge on any atom is -0.477 e. The summed E-state index contributed by atoms with van der Waals surface area (Å²) >= 11 is 6.83. The van der Waals surface area contributed by atoms with Gasteiger partial charge in [0.1, 0.15) is 0 Å². The summed E-state index contributed by atoms with van der Waals surface area (Å²) in [5.74, 6) is -1.07. The van der Waals surface area contributed by atoms with Gasteiger partial charge in [-0.05, 0) is 0 Å². The van der Waals surface area contributed by atoms with Crippen LogP contribution >= 0.6 is 22.9 Å². The second-order valence-electron chi connectivity index (χ2n) is 3.39. The standard InChI is InChI=1S/C10H15ClN2O4S/c1-16-5-3-13(4-6-17-2)10-12-8(11)7(18-10)9(14)15/h3-6H2,1-2H3,(H,14,15). The first-order valence-electron chi connectivity index (χ1n) is 5.22. The highest BCUT2D eigenvalue weighted by atomic mass is 35.5. The molecule has 0 aliphatic rings. The Morgan fingerprint density at radius 2 is 1.94 bits per heavy atom. The summed E-state index contributed by atoms with van der Waals surface area (Å²) in [5.41, 5.74) is 0. The molecule has 0 aliphatic heterocycles. The average Bonchev–Trinajstić information content (AvgIpc) is 2.71. The summed E-state index contributed by atoms with van der Waals surface area (Å²) in [4.78, 5) is 16.9. The van der Waals surface area contributed by atoms with Crippen LogP contribution in [0.1, 0.15) is 9.67 Å². The van der Waals surface area contributed by atoms with Crippen molar-refractivity contribution in [2.24, 2.45) is 0 Å². The summed E-state index contributed by atoms with van der Waals surface area (Å²) in [6.45, 7) is 2.23. The number of rotatable bonds is 8. The number of hydrogen-bond donors (Lipinski definition) is 1. The van der Waals surface area contributed by atoms with E-state index in [1.54, 1.807) is 14.2 Å². The number of methoxy groups -OCH3 is 2. The van der Waals surface area contributed by atoms with Gasteiger partial charge in [0.15, 0.2) is 15.2 Å². The van der Waals surface area contributed by atoms with E-state index in [0.29, 0.717) is 31.4 Å². The van der Waals surface area contributed by atoms with Crippen LogP contribution in [-0.2, 0) is 9.47 Å². The number of anilines is 1. The summed E-state index contributed by atoms with van der Waals surface area (Å²) in [6, 6.07) is 0. The molecule has 0 spiro atoms. The van der Waals surface area contributed by atoms with Crippen molar-refractivity contribution in [1.82, 2.24) is 4.98 Å². The molecule has 1 aromatic heterocycles. The summed E-state index contributed by atoms with van der Waals surface area (Å²) in [7, 11) is 3.21. The Morgan fingerprint density at radius 1 is 1.39 bits per heavy atom. The molecular formula is C10H15ClN2O4S. The lowest BCUT2D eigenvalue weighted by atomic mass is 10.5. The van der Waals surface area contributed by atoms with E-state index < -0.39 is 5.97 Å². The predicted molar refractivity (Wildman–Crippen MR) is 70.0 cm³/mol. The number of aromatic carboxylic acids is 1. The highest BCUT2D eigenvalue weighted by Gasteiger charge is 2.19. The molecule has 0 atom stereocenters. The fourth-order valence-electron chi connectivity index (χ4n) is 1.26. The third-order valence-corrected chi connectivity index (χ3v) is 3.66. The molecule has 8 heteroatoms. The Hall–Kier alpha value is -0.890. The first-order chi connectivity index (χ1) is 8.60. The molecule has 1 heterocycles. The van der Waals surface area contributed by atoms with E-state index in [2.05, 4.69) is 4.98 Å². The molecule has 18 heavy (non-hydrogen) atoms. The van der Waals surface area contributed by atoms with Crippen molar-refractivity contribution < 1.29 is 19.4 Å². The van der Waals surface area contributed by atoms with Gasteiger partial charge in [-0.25, -0.2) is 9.78 Å². The van der Waals surface area contributed by atoms with Gasteiger partial charge in [-0.15, -0.1) is 0 Å². The van der Waals surface area contributed by atoms with E-state index in [-0.39, 0.29) is 10.0 Å².